The van der Waals surface area contributed by atoms with Gasteiger partial charge in [-0.15, -0.1) is 0 Å². The third kappa shape index (κ3) is 20.9. The summed E-state index contributed by atoms with van der Waals surface area (Å²) < 4.78 is 39.2. The first-order valence-corrected chi connectivity index (χ1v) is 16.9. The van der Waals surface area contributed by atoms with Gasteiger partial charge in [0.2, 0.25) is 0 Å². The van der Waals surface area contributed by atoms with Gasteiger partial charge < -0.3 is 48.5 Å². The number of carbonyl (C=O) groups is 3. The summed E-state index contributed by atoms with van der Waals surface area (Å²) >= 11 is 2.94. The molecule has 0 saturated heterocycles. The number of benzene rings is 3. The maximum atomic E-state index is 11.5. The minimum absolute atomic E-state index is 0. The summed E-state index contributed by atoms with van der Waals surface area (Å²) in [6, 6.07) is 9.04. The number of carboxylic acid groups (broad SMARTS) is 1. The third-order valence-electron chi connectivity index (χ3n) is 6.48. The molecule has 0 spiro atoms. The van der Waals surface area contributed by atoms with Crippen LogP contribution in [0.25, 0.3) is 0 Å². The number of nitrogens with zero attached hydrogens (tertiary/aromatic N) is 3. The van der Waals surface area contributed by atoms with Gasteiger partial charge in [-0.3, -0.25) is 44.7 Å². The molecule has 0 bridgehead atoms. The monoisotopic (exact) mass is 899 g/mol. The van der Waals surface area contributed by atoms with Crippen molar-refractivity contribution in [2.24, 2.45) is 0 Å². The molecule has 3 aromatic carbocycles. The summed E-state index contributed by atoms with van der Waals surface area (Å²) in [7, 11) is 8.35. The topological polar surface area (TPSA) is 305 Å². The molecule has 0 unspecified atom stereocenters. The van der Waals surface area contributed by atoms with E-state index in [1.54, 1.807) is 13.8 Å². The molecule has 0 fully saturated rings. The van der Waals surface area contributed by atoms with Crippen LogP contribution in [0.3, 0.4) is 0 Å². The van der Waals surface area contributed by atoms with E-state index < -0.39 is 26.7 Å². The van der Waals surface area contributed by atoms with Gasteiger partial charge in [-0.05, 0) is 19.9 Å². The number of carbonyl (C=O) groups excluding carboxylic acids is 2. The van der Waals surface area contributed by atoms with E-state index in [9.17, 15) is 44.7 Å². The van der Waals surface area contributed by atoms with Gasteiger partial charge in [-0.2, -0.15) is 0 Å². The van der Waals surface area contributed by atoms with E-state index in [4.69, 9.17) is 38.3 Å². The summed E-state index contributed by atoms with van der Waals surface area (Å²) in [4.78, 5) is 62.5. The molecule has 0 heterocycles. The van der Waals surface area contributed by atoms with Crippen LogP contribution < -0.4 is 47.3 Å². The smallest absolute Gasteiger partial charge is 0.870 e. The Morgan fingerprint density at radius 1 is 0.593 bits per heavy atom. The zero-order chi connectivity index (χ0) is 43.0. The molecule has 0 aliphatic carbocycles. The molecule has 22 nitrogen and oxygen atoms in total. The van der Waals surface area contributed by atoms with Gasteiger partial charge in [0.1, 0.15) is 5.33 Å². The first-order valence-electron chi connectivity index (χ1n) is 15.8. The quantitative estimate of drug-likeness (QED) is 0.0710. The second kappa shape index (κ2) is 32.1. The second-order valence-corrected chi connectivity index (χ2v) is 10.5. The fraction of sp³-hybridized carbons (Fsp3) is 0.400. The molecule has 0 aromatic heterocycles. The largest absolute Gasteiger partial charge is 1.00 e. The van der Waals surface area contributed by atoms with E-state index in [1.807, 2.05) is 0 Å². The molecule has 0 saturated carbocycles. The summed E-state index contributed by atoms with van der Waals surface area (Å²) in [5.74, 6) is -0.128. The van der Waals surface area contributed by atoms with E-state index in [-0.39, 0.29) is 97.1 Å². The van der Waals surface area contributed by atoms with Crippen LogP contribution in [-0.2, 0) is 36.7 Å². The second-order valence-electron chi connectivity index (χ2n) is 9.98. The summed E-state index contributed by atoms with van der Waals surface area (Å²) in [5, 5.41) is 40.9. The standard InChI is InChI=1S/C12H15NO6.C10H11NO6.C8H9NO4.C4H7BrO2.CH4.Li.H2O/c1-4-19-11(14)6-8-5-9(13(15)16)7-10(17-2)12(8)18-3;1-16-8-5-7(11(14)15)3-6(4-9(12)13)10(8)17-2;1-12-7-4-3-6(9(10)11)5-8(7)13-2;1-2-7-4(6)3-5;;;/h5,7H,4,6H2,1-3H3;3,5H,4H2,1-2H3,(H,12,13);3-5H,1-2H3;2-3H2,1H3;1H4;;1H2/q;;;;;+1;/p-1. The van der Waals surface area contributed by atoms with Crippen molar-refractivity contribution in [1.82, 2.24) is 0 Å². The Morgan fingerprint density at radius 3 is 1.27 bits per heavy atom. The average molecular weight is 901 g/mol. The van der Waals surface area contributed by atoms with Gasteiger partial charge >= 0.3 is 36.8 Å². The van der Waals surface area contributed by atoms with Crippen molar-refractivity contribution in [2.75, 3.05) is 61.2 Å². The van der Waals surface area contributed by atoms with Crippen LogP contribution in [0.4, 0.5) is 17.1 Å². The normalized spacial score (nSPS) is 9.03. The van der Waals surface area contributed by atoms with Crippen molar-refractivity contribution in [3.05, 3.63) is 83.9 Å². The van der Waals surface area contributed by atoms with Crippen LogP contribution in [0.2, 0.25) is 0 Å². The fourth-order valence-corrected chi connectivity index (χ4v) is 4.36. The number of aliphatic carboxylic acids is 1. The van der Waals surface area contributed by atoms with Gasteiger partial charge in [0.25, 0.3) is 17.1 Å². The third-order valence-corrected chi connectivity index (χ3v) is 6.93. The molecule has 0 aliphatic heterocycles. The number of halogens is 1. The molecule has 0 radical (unpaired) electrons. The van der Waals surface area contributed by atoms with Gasteiger partial charge in [0.05, 0.1) is 102 Å². The zero-order valence-corrected chi connectivity index (χ0v) is 34.7. The van der Waals surface area contributed by atoms with Gasteiger partial charge in [0, 0.05) is 29.3 Å². The van der Waals surface area contributed by atoms with E-state index in [1.165, 1.54) is 79.1 Å². The predicted octanol–water partition coefficient (Wildman–Crippen LogP) is 2.98. The van der Waals surface area contributed by atoms with Crippen molar-refractivity contribution in [3.8, 4) is 34.5 Å². The molecule has 0 amide bonds. The minimum Gasteiger partial charge on any atom is -0.870 e. The number of rotatable bonds is 16. The summed E-state index contributed by atoms with van der Waals surface area (Å²) in [6.45, 7) is 4.17. The number of carboxylic acids is 1. The number of esters is 2. The van der Waals surface area contributed by atoms with Gasteiger partial charge in [0.15, 0.2) is 34.5 Å². The molecule has 2 N–H and O–H groups in total. The Labute approximate surface area is 360 Å². The van der Waals surface area contributed by atoms with Crippen LogP contribution in [0.15, 0.2) is 42.5 Å². The van der Waals surface area contributed by atoms with Crippen molar-refractivity contribution in [2.45, 2.75) is 34.1 Å². The van der Waals surface area contributed by atoms with Crippen LogP contribution in [0.5, 0.6) is 34.5 Å². The summed E-state index contributed by atoms with van der Waals surface area (Å²) in [5.41, 5.74) is 0.131. The van der Waals surface area contributed by atoms with E-state index in [0.717, 1.165) is 6.07 Å². The fourth-order valence-electron chi connectivity index (χ4n) is 4.20. The molecule has 3 aromatic rings. The number of hydrogen-bond donors (Lipinski definition) is 1. The van der Waals surface area contributed by atoms with Crippen LogP contribution in [0.1, 0.15) is 32.4 Å². The maximum absolute atomic E-state index is 11.5. The minimum atomic E-state index is -1.11. The summed E-state index contributed by atoms with van der Waals surface area (Å²) in [6.07, 6.45) is -0.490. The molecular formula is C35H47BrLiN3O19. The van der Waals surface area contributed by atoms with Crippen molar-refractivity contribution in [1.29, 1.82) is 0 Å². The first kappa shape index (κ1) is 59.8. The van der Waals surface area contributed by atoms with E-state index >= 15 is 0 Å². The predicted molar refractivity (Wildman–Crippen MR) is 209 cm³/mol. The SMILES string of the molecule is C.CCOC(=O)CBr.CCOC(=O)Cc1cc([N+](=O)[O-])cc(OC)c1OC.COc1cc([N+](=O)[O-])cc(CC(=O)O)c1OC.COc1ccc([N+](=O)[O-])cc1OC.[Li+].[OH-]. The zero-order valence-electron chi connectivity index (χ0n) is 33.1. The Bertz CT molecular complexity index is 1810. The van der Waals surface area contributed by atoms with Crippen LogP contribution >= 0.6 is 15.9 Å². The van der Waals surface area contributed by atoms with Gasteiger partial charge in [-0.25, -0.2) is 0 Å². The molecule has 0 aliphatic rings. The number of non-ortho nitro benzene ring substituents is 3. The molecule has 0 atom stereocenters. The van der Waals surface area contributed by atoms with E-state index in [0.29, 0.717) is 34.7 Å². The number of nitro groups is 3. The Morgan fingerprint density at radius 2 is 0.966 bits per heavy atom. The maximum Gasteiger partial charge on any atom is 1.00 e. The Balaban J connectivity index is -0.000000351. The average Bonchev–Trinajstić information content (AvgIpc) is 3.17. The Hall–Kier alpha value is -5.89. The van der Waals surface area contributed by atoms with Crippen LogP contribution in [0, 0.1) is 30.3 Å². The van der Waals surface area contributed by atoms with Crippen LogP contribution in [-0.4, -0.2) is 104 Å². The Kier molecular flexibility index (Phi) is 32.5. The van der Waals surface area contributed by atoms with Gasteiger partial charge in [-0.1, -0.05) is 23.4 Å². The number of methoxy groups -OCH3 is 6. The number of hydrogen-bond acceptors (Lipinski definition) is 18. The van der Waals surface area contributed by atoms with Crippen molar-refractivity contribution < 1.29 is 96.5 Å². The molecular weight excluding hydrogens is 853 g/mol. The van der Waals surface area contributed by atoms with Crippen molar-refractivity contribution in [3.63, 3.8) is 0 Å². The number of alkyl halides is 1. The number of ether oxygens (including phenoxy) is 8. The number of nitro benzene ring substituents is 3. The molecule has 24 heteroatoms. The molecule has 324 valence electrons. The molecule has 59 heavy (non-hydrogen) atoms. The molecule has 3 rings (SSSR count). The van der Waals surface area contributed by atoms with Crippen molar-refractivity contribution >= 4 is 50.9 Å². The van der Waals surface area contributed by atoms with E-state index in [2.05, 4.69) is 20.7 Å². The first-order chi connectivity index (χ1) is 26.5.